The maximum atomic E-state index is 14.9. The molecule has 4 aromatic rings. The predicted octanol–water partition coefficient (Wildman–Crippen LogP) is 8.30. The van der Waals surface area contributed by atoms with Gasteiger partial charge in [-0.25, -0.2) is 23.7 Å². The predicted molar refractivity (Wildman–Crippen MR) is 181 cm³/mol. The molecule has 21 heteroatoms. The van der Waals surface area contributed by atoms with Crippen molar-refractivity contribution in [2.45, 2.75) is 76.8 Å². The van der Waals surface area contributed by atoms with Gasteiger partial charge in [0.1, 0.15) is 12.9 Å². The SMILES string of the molecule is CC(C)(C[C@]1(c2ccc(-c3cn(C(F)F)cn3)cc2)N=C(N)N([C@H](COC(=O)CC2(C(F)F)CC2)c2ccc(Cl)c(-c3ncnn3C(F)F)c2)C1=O)C(F)(F)F. The molecule has 0 unspecified atom stereocenters. The normalized spacial score (nSPS) is 18.9. The first-order chi connectivity index (χ1) is 26.2. The number of amides is 1. The van der Waals surface area contributed by atoms with Crippen LogP contribution in [0.2, 0.25) is 5.02 Å². The molecule has 3 heterocycles. The molecular weight excluding hydrogens is 787 g/mol. The number of esters is 1. The molecule has 300 valence electrons. The number of nitrogens with two attached hydrogens (primary N) is 1. The van der Waals surface area contributed by atoms with E-state index < -0.39 is 91.2 Å². The fraction of sp³-hybridized carbons (Fsp3) is 0.429. The molecule has 56 heavy (non-hydrogen) atoms. The van der Waals surface area contributed by atoms with Crippen LogP contribution in [0.25, 0.3) is 22.6 Å². The maximum Gasteiger partial charge on any atom is 0.394 e. The summed E-state index contributed by atoms with van der Waals surface area (Å²) < 4.78 is 131. The van der Waals surface area contributed by atoms with E-state index in [0.717, 1.165) is 37.6 Å². The molecule has 0 bridgehead atoms. The summed E-state index contributed by atoms with van der Waals surface area (Å²) in [5.41, 5.74) is -0.0720. The number of nitrogens with zero attached hydrogens (tertiary/aromatic N) is 7. The van der Waals surface area contributed by atoms with Crippen LogP contribution < -0.4 is 5.73 Å². The topological polar surface area (TPSA) is 134 Å². The van der Waals surface area contributed by atoms with E-state index in [9.17, 15) is 49.1 Å². The second-order valence-corrected chi connectivity index (χ2v) is 14.6. The molecule has 0 radical (unpaired) electrons. The van der Waals surface area contributed by atoms with Crippen molar-refractivity contribution in [1.82, 2.24) is 29.2 Å². The van der Waals surface area contributed by atoms with Gasteiger partial charge in [0.05, 0.1) is 34.9 Å². The van der Waals surface area contributed by atoms with Gasteiger partial charge < -0.3 is 10.5 Å². The van der Waals surface area contributed by atoms with E-state index in [4.69, 9.17) is 22.1 Å². The highest BCUT2D eigenvalue weighted by Crippen LogP contribution is 2.54. The van der Waals surface area contributed by atoms with Crippen LogP contribution in [-0.4, -0.2) is 66.3 Å². The molecule has 2 aromatic heterocycles. The van der Waals surface area contributed by atoms with Crippen molar-refractivity contribution in [2.75, 3.05) is 6.61 Å². The molecule has 2 aromatic carbocycles. The van der Waals surface area contributed by atoms with E-state index in [1.807, 2.05) is 0 Å². The third-order valence-corrected chi connectivity index (χ3v) is 10.3. The lowest BCUT2D eigenvalue weighted by molar-refractivity contribution is -0.218. The van der Waals surface area contributed by atoms with E-state index in [-0.39, 0.29) is 50.5 Å². The Labute approximate surface area is 317 Å². The summed E-state index contributed by atoms with van der Waals surface area (Å²) in [6.45, 7) is -5.16. The Kier molecular flexibility index (Phi) is 10.7. The van der Waals surface area contributed by atoms with Crippen molar-refractivity contribution in [3.05, 3.63) is 77.5 Å². The van der Waals surface area contributed by atoms with Crippen LogP contribution in [0.4, 0.5) is 39.5 Å². The van der Waals surface area contributed by atoms with Gasteiger partial charge in [0.15, 0.2) is 17.3 Å². The molecule has 1 fully saturated rings. The van der Waals surface area contributed by atoms with Gasteiger partial charge in [-0.3, -0.25) is 19.1 Å². The quantitative estimate of drug-likeness (QED) is 0.100. The highest BCUT2D eigenvalue weighted by Gasteiger charge is 2.59. The Bertz CT molecular complexity index is 2130. The number of hydrogen-bond donors (Lipinski definition) is 1. The van der Waals surface area contributed by atoms with Crippen LogP contribution in [0.15, 0.2) is 66.3 Å². The van der Waals surface area contributed by atoms with E-state index in [2.05, 4.69) is 20.1 Å². The molecule has 11 nitrogen and oxygen atoms in total. The first kappa shape index (κ1) is 40.5. The monoisotopic (exact) mass is 818 g/mol. The molecule has 1 aliphatic heterocycles. The third-order valence-electron chi connectivity index (χ3n) is 10.0. The largest absolute Gasteiger partial charge is 0.463 e. The Morgan fingerprint density at radius 3 is 2.25 bits per heavy atom. The van der Waals surface area contributed by atoms with Crippen LogP contribution >= 0.6 is 11.6 Å². The lowest BCUT2D eigenvalue weighted by atomic mass is 9.74. The molecule has 0 saturated heterocycles. The number of guanidine groups is 1. The van der Waals surface area contributed by atoms with E-state index >= 15 is 0 Å². The Morgan fingerprint density at radius 2 is 1.68 bits per heavy atom. The number of rotatable bonds is 14. The summed E-state index contributed by atoms with van der Waals surface area (Å²) in [6.07, 6.45) is -6.52. The lowest BCUT2D eigenvalue weighted by Gasteiger charge is -2.37. The van der Waals surface area contributed by atoms with Crippen molar-refractivity contribution < 1.29 is 53.8 Å². The Morgan fingerprint density at radius 1 is 1.00 bits per heavy atom. The summed E-state index contributed by atoms with van der Waals surface area (Å²) in [5, 5.41) is 3.39. The third kappa shape index (κ3) is 7.54. The van der Waals surface area contributed by atoms with Crippen molar-refractivity contribution in [1.29, 1.82) is 0 Å². The smallest absolute Gasteiger partial charge is 0.394 e. The number of alkyl halides is 9. The van der Waals surface area contributed by atoms with Gasteiger partial charge in [-0.2, -0.15) is 40.5 Å². The van der Waals surface area contributed by atoms with E-state index in [1.54, 1.807) is 0 Å². The highest BCUT2D eigenvalue weighted by molar-refractivity contribution is 6.33. The van der Waals surface area contributed by atoms with E-state index in [1.165, 1.54) is 42.5 Å². The van der Waals surface area contributed by atoms with Crippen LogP contribution in [0, 0.1) is 10.8 Å². The number of ether oxygens (including phenoxy) is 1. The number of carbonyl (C=O) groups is 2. The van der Waals surface area contributed by atoms with Gasteiger partial charge in [0.2, 0.25) is 6.43 Å². The fourth-order valence-corrected chi connectivity index (χ4v) is 6.73. The molecule has 1 aliphatic carbocycles. The van der Waals surface area contributed by atoms with Crippen LogP contribution in [0.5, 0.6) is 0 Å². The first-order valence-corrected chi connectivity index (χ1v) is 17.2. The average molecular weight is 819 g/mol. The van der Waals surface area contributed by atoms with Crippen molar-refractivity contribution in [2.24, 2.45) is 21.6 Å². The minimum absolute atomic E-state index is 0.00152. The summed E-state index contributed by atoms with van der Waals surface area (Å²) in [4.78, 5) is 40.7. The van der Waals surface area contributed by atoms with Crippen molar-refractivity contribution in [3.63, 3.8) is 0 Å². The average Bonchev–Trinajstić information content (AvgIpc) is 3.42. The number of imidazole rings is 1. The van der Waals surface area contributed by atoms with Gasteiger partial charge in [0.25, 0.3) is 5.91 Å². The summed E-state index contributed by atoms with van der Waals surface area (Å²) in [6, 6.07) is 7.45. The number of hydrogen-bond acceptors (Lipinski definition) is 8. The maximum absolute atomic E-state index is 14.9. The number of benzene rings is 2. The molecule has 1 saturated carbocycles. The zero-order valence-electron chi connectivity index (χ0n) is 29.3. The van der Waals surface area contributed by atoms with Gasteiger partial charge in [0, 0.05) is 22.7 Å². The molecule has 2 atom stereocenters. The number of aliphatic imine (C=N–C) groups is 1. The zero-order chi connectivity index (χ0) is 41.0. The second-order valence-electron chi connectivity index (χ2n) is 14.2. The summed E-state index contributed by atoms with van der Waals surface area (Å²) in [7, 11) is 0. The van der Waals surface area contributed by atoms with E-state index in [0.29, 0.717) is 4.57 Å². The molecule has 0 spiro atoms. The molecule has 2 aliphatic rings. The van der Waals surface area contributed by atoms with Gasteiger partial charge in [-0.1, -0.05) is 55.8 Å². The highest BCUT2D eigenvalue weighted by atomic mass is 35.5. The standard InChI is InChI=1S/C35H32ClF9N8O3/c1-32(2,35(43,44)45)15-34(20-6-3-18(4-7-20)23-13-51(17-48-23)29(39)40)28(55)52(31(46)50-34)24(14-56-25(54)12-33(9-10-33)27(37)38)19-5-8-22(36)21(11-19)26-47-16-49-53(26)30(41)42/h3-8,11,13,16-17,24,27,29-30H,9-10,12,14-15H2,1-2H3,(H2,46,50)/t24-,34-/m1/s1. The Balaban J connectivity index is 1.44. The molecular formula is C35H32ClF9N8O3. The van der Waals surface area contributed by atoms with Gasteiger partial charge in [-0.05, 0) is 42.5 Å². The number of carbonyl (C=O) groups excluding carboxylic acids is 2. The minimum atomic E-state index is -4.88. The summed E-state index contributed by atoms with van der Waals surface area (Å²) >= 11 is 6.38. The van der Waals surface area contributed by atoms with Crippen molar-refractivity contribution >= 4 is 29.4 Å². The zero-order valence-corrected chi connectivity index (χ0v) is 30.1. The van der Waals surface area contributed by atoms with Gasteiger partial charge in [-0.15, -0.1) is 0 Å². The minimum Gasteiger partial charge on any atom is -0.463 e. The van der Waals surface area contributed by atoms with Crippen LogP contribution in [-0.2, 0) is 19.9 Å². The molecule has 2 N–H and O–H groups in total. The van der Waals surface area contributed by atoms with Crippen LogP contribution in [0.1, 0.15) is 69.8 Å². The van der Waals surface area contributed by atoms with Gasteiger partial charge >= 0.3 is 25.2 Å². The van der Waals surface area contributed by atoms with Crippen molar-refractivity contribution in [3.8, 4) is 22.6 Å². The fourth-order valence-electron chi connectivity index (χ4n) is 6.53. The number of aromatic nitrogens is 5. The lowest BCUT2D eigenvalue weighted by Crippen LogP contribution is -2.49. The second kappa shape index (κ2) is 14.7. The van der Waals surface area contributed by atoms with Crippen LogP contribution in [0.3, 0.4) is 0 Å². The molecule has 6 rings (SSSR count). The Hall–Kier alpha value is -5.14. The number of halogens is 10. The molecule has 1 amide bonds. The first-order valence-electron chi connectivity index (χ1n) is 16.8. The summed E-state index contributed by atoms with van der Waals surface area (Å²) in [5.74, 6) is -3.24.